The number of rotatable bonds is 6. The number of hydrogen-bond acceptors (Lipinski definition) is 3. The van der Waals surface area contributed by atoms with Gasteiger partial charge in [-0.2, -0.15) is 0 Å². The van der Waals surface area contributed by atoms with Gasteiger partial charge in [0, 0.05) is 12.5 Å². The highest BCUT2D eigenvalue weighted by molar-refractivity contribution is 5.87. The fourth-order valence-corrected chi connectivity index (χ4v) is 2.26. The van der Waals surface area contributed by atoms with Crippen molar-refractivity contribution in [3.05, 3.63) is 0 Å². The monoisotopic (exact) mass is 242 g/mol. The van der Waals surface area contributed by atoms with Crippen LogP contribution in [0, 0.1) is 0 Å². The minimum atomic E-state index is -1.10. The van der Waals surface area contributed by atoms with E-state index < -0.39 is 11.5 Å². The van der Waals surface area contributed by atoms with Crippen molar-refractivity contribution in [1.29, 1.82) is 0 Å². The highest BCUT2D eigenvalue weighted by Gasteiger charge is 2.36. The van der Waals surface area contributed by atoms with Crippen LogP contribution in [0.15, 0.2) is 0 Å². The normalized spacial score (nSPS) is 20.2. The van der Waals surface area contributed by atoms with Crippen LogP contribution in [0.5, 0.6) is 0 Å². The van der Waals surface area contributed by atoms with Crippen LogP contribution in [0.4, 0.5) is 0 Å². The molecule has 0 aliphatic carbocycles. The van der Waals surface area contributed by atoms with Crippen molar-refractivity contribution in [1.82, 2.24) is 10.6 Å². The molecule has 3 N–H and O–H groups in total. The molecule has 1 unspecified atom stereocenters. The molecule has 1 heterocycles. The summed E-state index contributed by atoms with van der Waals surface area (Å²) in [5, 5.41) is 15.1. The van der Waals surface area contributed by atoms with Gasteiger partial charge in [-0.1, -0.05) is 13.8 Å². The summed E-state index contributed by atoms with van der Waals surface area (Å²) >= 11 is 0. The smallest absolute Gasteiger partial charge is 0.329 e. The van der Waals surface area contributed by atoms with Crippen molar-refractivity contribution in [2.75, 3.05) is 6.54 Å². The van der Waals surface area contributed by atoms with E-state index in [9.17, 15) is 14.7 Å². The first-order chi connectivity index (χ1) is 8.04. The Kier molecular flexibility index (Phi) is 4.93. The molecule has 1 atom stereocenters. The maximum atomic E-state index is 11.8. The van der Waals surface area contributed by atoms with Crippen LogP contribution in [0.3, 0.4) is 0 Å². The topological polar surface area (TPSA) is 78.4 Å². The molecule has 0 saturated carbocycles. The first kappa shape index (κ1) is 14.0. The van der Waals surface area contributed by atoms with Crippen LogP contribution >= 0.6 is 0 Å². The van der Waals surface area contributed by atoms with Crippen molar-refractivity contribution >= 4 is 11.9 Å². The Morgan fingerprint density at radius 3 is 2.47 bits per heavy atom. The van der Waals surface area contributed by atoms with E-state index in [0.717, 1.165) is 19.4 Å². The third-order valence-electron chi connectivity index (χ3n) is 3.59. The van der Waals surface area contributed by atoms with Gasteiger partial charge < -0.3 is 15.7 Å². The largest absolute Gasteiger partial charge is 0.480 e. The maximum absolute atomic E-state index is 11.8. The zero-order valence-electron chi connectivity index (χ0n) is 10.6. The lowest BCUT2D eigenvalue weighted by atomic mass is 9.92. The quantitative estimate of drug-likeness (QED) is 0.646. The highest BCUT2D eigenvalue weighted by Crippen LogP contribution is 2.17. The Bertz CT molecular complexity index is 281. The minimum absolute atomic E-state index is 0.171. The first-order valence-corrected chi connectivity index (χ1v) is 6.32. The molecule has 5 nitrogen and oxygen atoms in total. The SMILES string of the molecule is CCC(CC)(NC(=O)CC1CCCN1)C(=O)O. The second-order valence-corrected chi connectivity index (χ2v) is 4.64. The number of carboxylic acid groups (broad SMARTS) is 1. The Hall–Kier alpha value is -1.10. The number of aliphatic carboxylic acids is 1. The number of carbonyl (C=O) groups excluding carboxylic acids is 1. The van der Waals surface area contributed by atoms with Crippen LogP contribution in [0.2, 0.25) is 0 Å². The molecular weight excluding hydrogens is 220 g/mol. The molecule has 1 aliphatic heterocycles. The summed E-state index contributed by atoms with van der Waals surface area (Å²) < 4.78 is 0. The Labute approximate surface area is 102 Å². The third-order valence-corrected chi connectivity index (χ3v) is 3.59. The molecule has 5 heteroatoms. The second-order valence-electron chi connectivity index (χ2n) is 4.64. The standard InChI is InChI=1S/C12H22N2O3/c1-3-12(4-2,11(16)17)14-10(15)8-9-6-5-7-13-9/h9,13H,3-8H2,1-2H3,(H,14,15)(H,16,17). The summed E-state index contributed by atoms with van der Waals surface area (Å²) in [7, 11) is 0. The fourth-order valence-electron chi connectivity index (χ4n) is 2.26. The molecule has 0 radical (unpaired) electrons. The van der Waals surface area contributed by atoms with E-state index in [0.29, 0.717) is 19.3 Å². The lowest BCUT2D eigenvalue weighted by Crippen LogP contribution is -2.54. The zero-order valence-corrected chi connectivity index (χ0v) is 10.6. The summed E-state index contributed by atoms with van der Waals surface area (Å²) in [6.45, 7) is 4.51. The average Bonchev–Trinajstić information content (AvgIpc) is 2.78. The molecule has 1 rings (SSSR count). The molecular formula is C12H22N2O3. The van der Waals surface area contributed by atoms with Crippen molar-refractivity contribution in [3.8, 4) is 0 Å². The van der Waals surface area contributed by atoms with Gasteiger partial charge in [0.05, 0.1) is 0 Å². The summed E-state index contributed by atoms with van der Waals surface area (Å²) in [5.74, 6) is -1.12. The number of hydrogen-bond donors (Lipinski definition) is 3. The van der Waals surface area contributed by atoms with E-state index >= 15 is 0 Å². The number of amides is 1. The van der Waals surface area contributed by atoms with Gasteiger partial charge in [-0.15, -0.1) is 0 Å². The maximum Gasteiger partial charge on any atom is 0.329 e. The predicted octanol–water partition coefficient (Wildman–Crippen LogP) is 0.888. The van der Waals surface area contributed by atoms with Gasteiger partial charge in [0.25, 0.3) is 0 Å². The zero-order chi connectivity index (χ0) is 12.9. The van der Waals surface area contributed by atoms with E-state index in [1.165, 1.54) is 0 Å². The number of carbonyl (C=O) groups is 2. The van der Waals surface area contributed by atoms with E-state index in [2.05, 4.69) is 10.6 Å². The van der Waals surface area contributed by atoms with Gasteiger partial charge in [0.1, 0.15) is 5.54 Å². The molecule has 0 aromatic rings. The fraction of sp³-hybridized carbons (Fsp3) is 0.833. The van der Waals surface area contributed by atoms with E-state index in [1.807, 2.05) is 0 Å². The summed E-state index contributed by atoms with van der Waals surface area (Å²) in [5.41, 5.74) is -1.10. The van der Waals surface area contributed by atoms with Crippen LogP contribution in [0.25, 0.3) is 0 Å². The molecule has 1 fully saturated rings. The van der Waals surface area contributed by atoms with Crippen molar-refractivity contribution in [2.24, 2.45) is 0 Å². The summed E-state index contributed by atoms with van der Waals surface area (Å²) in [6, 6.07) is 0.204. The van der Waals surface area contributed by atoms with Crippen LogP contribution in [-0.2, 0) is 9.59 Å². The molecule has 1 aliphatic rings. The van der Waals surface area contributed by atoms with Crippen molar-refractivity contribution < 1.29 is 14.7 Å². The molecule has 98 valence electrons. The molecule has 1 saturated heterocycles. The van der Waals surface area contributed by atoms with Crippen molar-refractivity contribution in [2.45, 2.75) is 57.5 Å². The molecule has 0 bridgehead atoms. The predicted molar refractivity (Wildman–Crippen MR) is 64.7 cm³/mol. The Morgan fingerprint density at radius 2 is 2.06 bits per heavy atom. The molecule has 17 heavy (non-hydrogen) atoms. The first-order valence-electron chi connectivity index (χ1n) is 6.32. The molecule has 0 aromatic carbocycles. The van der Waals surface area contributed by atoms with Crippen LogP contribution in [0.1, 0.15) is 46.0 Å². The number of nitrogens with one attached hydrogen (secondary N) is 2. The van der Waals surface area contributed by atoms with E-state index in [4.69, 9.17) is 0 Å². The highest BCUT2D eigenvalue weighted by atomic mass is 16.4. The molecule has 0 aromatic heterocycles. The van der Waals surface area contributed by atoms with Gasteiger partial charge in [-0.25, -0.2) is 4.79 Å². The van der Waals surface area contributed by atoms with Crippen LogP contribution in [-0.4, -0.2) is 35.1 Å². The summed E-state index contributed by atoms with van der Waals surface area (Å²) in [6.07, 6.45) is 3.26. The van der Waals surface area contributed by atoms with E-state index in [-0.39, 0.29) is 11.9 Å². The lowest BCUT2D eigenvalue weighted by molar-refractivity contribution is -0.148. The molecule has 1 amide bonds. The van der Waals surface area contributed by atoms with Crippen LogP contribution < -0.4 is 10.6 Å². The Morgan fingerprint density at radius 1 is 1.41 bits per heavy atom. The number of carboxylic acids is 1. The lowest BCUT2D eigenvalue weighted by Gasteiger charge is -2.28. The minimum Gasteiger partial charge on any atom is -0.480 e. The molecule has 0 spiro atoms. The van der Waals surface area contributed by atoms with Gasteiger partial charge in [-0.05, 0) is 32.2 Å². The van der Waals surface area contributed by atoms with Crippen molar-refractivity contribution in [3.63, 3.8) is 0 Å². The van der Waals surface area contributed by atoms with E-state index in [1.54, 1.807) is 13.8 Å². The summed E-state index contributed by atoms with van der Waals surface area (Å²) in [4.78, 5) is 23.0. The van der Waals surface area contributed by atoms with Gasteiger partial charge in [0.15, 0.2) is 0 Å². The van der Waals surface area contributed by atoms with Gasteiger partial charge in [-0.3, -0.25) is 4.79 Å². The second kappa shape index (κ2) is 6.00. The van der Waals surface area contributed by atoms with Gasteiger partial charge >= 0.3 is 5.97 Å². The van der Waals surface area contributed by atoms with Gasteiger partial charge in [0.2, 0.25) is 5.91 Å². The Balaban J connectivity index is 2.54. The average molecular weight is 242 g/mol. The third kappa shape index (κ3) is 3.43.